The molecule has 0 unspecified atom stereocenters. The summed E-state index contributed by atoms with van der Waals surface area (Å²) >= 11 is 0. The van der Waals surface area contributed by atoms with Crippen LogP contribution in [0.4, 0.5) is 5.69 Å². The molecule has 2 aromatic carbocycles. The van der Waals surface area contributed by atoms with Crippen LogP contribution in [0.2, 0.25) is 0 Å². The smallest absolute Gasteiger partial charge is 0.0314 e. The fraction of sp³-hybridized carbons (Fsp3) is 0.200. The third kappa shape index (κ3) is 3.33. The van der Waals surface area contributed by atoms with Crippen molar-refractivity contribution in [2.45, 2.75) is 19.5 Å². The molecule has 0 fully saturated rings. The van der Waals surface area contributed by atoms with Gasteiger partial charge in [0.15, 0.2) is 0 Å². The van der Waals surface area contributed by atoms with Gasteiger partial charge in [-0.3, -0.25) is 0 Å². The molecule has 0 saturated carbocycles. The van der Waals surface area contributed by atoms with Crippen LogP contribution in [0.1, 0.15) is 24.1 Å². The minimum atomic E-state index is 0.355. The first-order valence-electron chi connectivity index (χ1n) is 5.88. The average molecular weight is 226 g/mol. The zero-order valence-corrected chi connectivity index (χ0v) is 10.1. The van der Waals surface area contributed by atoms with E-state index in [-0.39, 0.29) is 0 Å². The molecule has 0 aliphatic heterocycles. The fourth-order valence-electron chi connectivity index (χ4n) is 1.77. The Hall–Kier alpha value is -1.80. The summed E-state index contributed by atoms with van der Waals surface area (Å²) in [6.07, 6.45) is 0. The van der Waals surface area contributed by atoms with Gasteiger partial charge in [0.25, 0.3) is 0 Å². The van der Waals surface area contributed by atoms with Crippen molar-refractivity contribution in [1.82, 2.24) is 5.32 Å². The van der Waals surface area contributed by atoms with Gasteiger partial charge in [0.1, 0.15) is 0 Å². The van der Waals surface area contributed by atoms with E-state index in [0.29, 0.717) is 6.04 Å². The summed E-state index contributed by atoms with van der Waals surface area (Å²) in [5.41, 5.74) is 9.02. The molecule has 0 bridgehead atoms. The maximum absolute atomic E-state index is 5.65. The third-order valence-electron chi connectivity index (χ3n) is 2.89. The van der Waals surface area contributed by atoms with E-state index in [1.165, 1.54) is 11.1 Å². The molecule has 1 atom stereocenters. The topological polar surface area (TPSA) is 38.0 Å². The van der Waals surface area contributed by atoms with Crippen LogP contribution < -0.4 is 11.1 Å². The van der Waals surface area contributed by atoms with Crippen LogP contribution in [0, 0.1) is 0 Å². The van der Waals surface area contributed by atoms with Gasteiger partial charge < -0.3 is 11.1 Å². The summed E-state index contributed by atoms with van der Waals surface area (Å²) in [6.45, 7) is 3.03. The first-order valence-corrected chi connectivity index (χ1v) is 5.88. The van der Waals surface area contributed by atoms with Crippen LogP contribution in [-0.4, -0.2) is 0 Å². The minimum absolute atomic E-state index is 0.355. The van der Waals surface area contributed by atoms with Crippen molar-refractivity contribution in [3.8, 4) is 0 Å². The van der Waals surface area contributed by atoms with E-state index in [1.807, 2.05) is 18.2 Å². The van der Waals surface area contributed by atoms with Crippen molar-refractivity contribution < 1.29 is 0 Å². The lowest BCUT2D eigenvalue weighted by Crippen LogP contribution is -2.17. The fourth-order valence-corrected chi connectivity index (χ4v) is 1.77. The molecule has 0 radical (unpaired) electrons. The monoisotopic (exact) mass is 226 g/mol. The first kappa shape index (κ1) is 11.7. The minimum Gasteiger partial charge on any atom is -0.399 e. The molecule has 0 aliphatic carbocycles. The van der Waals surface area contributed by atoms with Crippen LogP contribution in [0.25, 0.3) is 0 Å². The normalized spacial score (nSPS) is 12.3. The van der Waals surface area contributed by atoms with Crippen molar-refractivity contribution in [3.63, 3.8) is 0 Å². The van der Waals surface area contributed by atoms with Crippen LogP contribution >= 0.6 is 0 Å². The first-order chi connectivity index (χ1) is 8.25. The molecule has 2 nitrogen and oxygen atoms in total. The number of nitrogens with two attached hydrogens (primary N) is 1. The summed E-state index contributed by atoms with van der Waals surface area (Å²) in [5.74, 6) is 0. The third-order valence-corrected chi connectivity index (χ3v) is 2.89. The highest BCUT2D eigenvalue weighted by atomic mass is 14.9. The highest BCUT2D eigenvalue weighted by molar-refractivity contribution is 5.39. The van der Waals surface area contributed by atoms with E-state index in [1.54, 1.807) is 0 Å². The van der Waals surface area contributed by atoms with Gasteiger partial charge in [0, 0.05) is 18.3 Å². The predicted octanol–water partition coefficient (Wildman–Crippen LogP) is 3.12. The number of hydrogen-bond donors (Lipinski definition) is 2. The molecule has 0 heterocycles. The van der Waals surface area contributed by atoms with Crippen molar-refractivity contribution in [3.05, 3.63) is 65.7 Å². The molecule has 3 N–H and O–H groups in total. The highest BCUT2D eigenvalue weighted by Crippen LogP contribution is 2.12. The summed E-state index contributed by atoms with van der Waals surface area (Å²) in [4.78, 5) is 0. The Bertz CT molecular complexity index is 448. The maximum Gasteiger partial charge on any atom is 0.0314 e. The molecule has 0 spiro atoms. The van der Waals surface area contributed by atoms with Crippen LogP contribution in [0.3, 0.4) is 0 Å². The molecule has 2 rings (SSSR count). The second kappa shape index (κ2) is 5.51. The summed E-state index contributed by atoms with van der Waals surface area (Å²) in [7, 11) is 0. The molecule has 2 aromatic rings. The second-order valence-electron chi connectivity index (χ2n) is 4.25. The van der Waals surface area contributed by atoms with Gasteiger partial charge in [-0.1, -0.05) is 42.5 Å². The Morgan fingerprint density at radius 1 is 1.00 bits per heavy atom. The second-order valence-corrected chi connectivity index (χ2v) is 4.25. The highest BCUT2D eigenvalue weighted by Gasteiger charge is 2.03. The Balaban J connectivity index is 1.92. The molecule has 17 heavy (non-hydrogen) atoms. The van der Waals surface area contributed by atoms with E-state index in [2.05, 4.69) is 48.6 Å². The summed E-state index contributed by atoms with van der Waals surface area (Å²) < 4.78 is 0. The Kier molecular flexibility index (Phi) is 3.78. The molecule has 88 valence electrons. The van der Waals surface area contributed by atoms with E-state index in [9.17, 15) is 0 Å². The number of rotatable bonds is 4. The zero-order valence-electron chi connectivity index (χ0n) is 10.1. The van der Waals surface area contributed by atoms with Gasteiger partial charge in [0.2, 0.25) is 0 Å². The van der Waals surface area contributed by atoms with Gasteiger partial charge in [-0.15, -0.1) is 0 Å². The number of anilines is 1. The molecular weight excluding hydrogens is 208 g/mol. The van der Waals surface area contributed by atoms with Gasteiger partial charge in [-0.05, 0) is 30.2 Å². The quantitative estimate of drug-likeness (QED) is 0.786. The van der Waals surface area contributed by atoms with Crippen molar-refractivity contribution >= 4 is 5.69 Å². The lowest BCUT2D eigenvalue weighted by Gasteiger charge is -2.14. The zero-order chi connectivity index (χ0) is 12.1. The van der Waals surface area contributed by atoms with Crippen LogP contribution in [0.5, 0.6) is 0 Å². The SMILES string of the molecule is C[C@@H](NCc1ccc(N)cc1)c1ccccc1. The van der Waals surface area contributed by atoms with Crippen LogP contribution in [-0.2, 0) is 6.54 Å². The lowest BCUT2D eigenvalue weighted by atomic mass is 10.1. The van der Waals surface area contributed by atoms with Crippen molar-refractivity contribution in [1.29, 1.82) is 0 Å². The summed E-state index contributed by atoms with van der Waals surface area (Å²) in [5, 5.41) is 3.49. The number of nitrogens with one attached hydrogen (secondary N) is 1. The van der Waals surface area contributed by atoms with E-state index in [0.717, 1.165) is 12.2 Å². The molecule has 0 saturated heterocycles. The predicted molar refractivity (Wildman–Crippen MR) is 72.6 cm³/mol. The van der Waals surface area contributed by atoms with Gasteiger partial charge in [-0.2, -0.15) is 0 Å². The average Bonchev–Trinajstić information content (AvgIpc) is 2.39. The maximum atomic E-state index is 5.65. The molecule has 0 aliphatic rings. The van der Waals surface area contributed by atoms with Crippen molar-refractivity contribution in [2.24, 2.45) is 0 Å². The van der Waals surface area contributed by atoms with Crippen molar-refractivity contribution in [2.75, 3.05) is 5.73 Å². The van der Waals surface area contributed by atoms with E-state index in [4.69, 9.17) is 5.73 Å². The molecule has 0 aromatic heterocycles. The molecule has 2 heteroatoms. The number of hydrogen-bond acceptors (Lipinski definition) is 2. The Morgan fingerprint density at radius 2 is 1.65 bits per heavy atom. The van der Waals surface area contributed by atoms with Gasteiger partial charge >= 0.3 is 0 Å². The van der Waals surface area contributed by atoms with Gasteiger partial charge in [-0.25, -0.2) is 0 Å². The standard InChI is InChI=1S/C15H18N2/c1-12(14-5-3-2-4-6-14)17-11-13-7-9-15(16)10-8-13/h2-10,12,17H,11,16H2,1H3/t12-/m1/s1. The molecule has 0 amide bonds. The van der Waals surface area contributed by atoms with E-state index < -0.39 is 0 Å². The Labute approximate surface area is 102 Å². The molecular formula is C15H18N2. The lowest BCUT2D eigenvalue weighted by molar-refractivity contribution is 0.575. The number of benzene rings is 2. The van der Waals surface area contributed by atoms with E-state index >= 15 is 0 Å². The Morgan fingerprint density at radius 3 is 2.29 bits per heavy atom. The summed E-state index contributed by atoms with van der Waals surface area (Å²) in [6, 6.07) is 18.8. The number of nitrogen functional groups attached to an aromatic ring is 1. The largest absolute Gasteiger partial charge is 0.399 e. The van der Waals surface area contributed by atoms with Crippen LogP contribution in [0.15, 0.2) is 54.6 Å². The van der Waals surface area contributed by atoms with Gasteiger partial charge in [0.05, 0.1) is 0 Å².